The number of esters is 1. The minimum atomic E-state index is -0.465. The van der Waals surface area contributed by atoms with Crippen molar-refractivity contribution in [2.45, 2.75) is 57.8 Å². The van der Waals surface area contributed by atoms with Gasteiger partial charge in [-0.1, -0.05) is 43.7 Å². The van der Waals surface area contributed by atoms with Gasteiger partial charge >= 0.3 is 12.1 Å². The number of rotatable bonds is 5. The van der Waals surface area contributed by atoms with Crippen LogP contribution in [0.5, 0.6) is 0 Å². The number of carbonyl (C=O) groups is 2. The molecule has 0 spiro atoms. The number of hydrogen-bond acceptors (Lipinski definition) is 4. The van der Waals surface area contributed by atoms with Crippen LogP contribution in [0.2, 0.25) is 0 Å². The van der Waals surface area contributed by atoms with Gasteiger partial charge in [-0.15, -0.1) is 0 Å². The Morgan fingerprint density at radius 3 is 2.64 bits per heavy atom. The van der Waals surface area contributed by atoms with Crippen LogP contribution in [0.15, 0.2) is 30.3 Å². The molecule has 1 aliphatic rings. The highest BCUT2D eigenvalue weighted by Gasteiger charge is 2.29. The van der Waals surface area contributed by atoms with Crippen LogP contribution < -0.4 is 5.32 Å². The Bertz CT molecular complexity index is 489. The molecule has 0 aromatic heterocycles. The Morgan fingerprint density at radius 2 is 1.91 bits per heavy atom. The van der Waals surface area contributed by atoms with Crippen LogP contribution in [0.25, 0.3) is 0 Å². The fourth-order valence-corrected chi connectivity index (χ4v) is 2.57. The molecule has 1 aromatic carbocycles. The van der Waals surface area contributed by atoms with Gasteiger partial charge in [0.15, 0.2) is 0 Å². The van der Waals surface area contributed by atoms with E-state index >= 15 is 0 Å². The van der Waals surface area contributed by atoms with Crippen molar-refractivity contribution in [2.75, 3.05) is 0 Å². The number of benzene rings is 1. The van der Waals surface area contributed by atoms with E-state index in [1.165, 1.54) is 0 Å². The van der Waals surface area contributed by atoms with Gasteiger partial charge < -0.3 is 14.8 Å². The van der Waals surface area contributed by atoms with Crippen molar-refractivity contribution in [2.24, 2.45) is 0 Å². The molecule has 1 saturated carbocycles. The predicted octanol–water partition coefficient (Wildman–Crippen LogP) is 3.18. The minimum absolute atomic E-state index is 0.160. The molecular formula is C17H23NO4. The van der Waals surface area contributed by atoms with Crippen molar-refractivity contribution in [3.05, 3.63) is 35.9 Å². The zero-order valence-electron chi connectivity index (χ0n) is 12.9. The van der Waals surface area contributed by atoms with E-state index in [1.807, 2.05) is 30.3 Å². The highest BCUT2D eigenvalue weighted by Crippen LogP contribution is 2.22. The lowest BCUT2D eigenvalue weighted by molar-refractivity contribution is -0.151. The van der Waals surface area contributed by atoms with Crippen molar-refractivity contribution >= 4 is 12.1 Å². The van der Waals surface area contributed by atoms with Crippen molar-refractivity contribution in [3.63, 3.8) is 0 Å². The second-order valence-electron chi connectivity index (χ2n) is 5.48. The smallest absolute Gasteiger partial charge is 0.407 e. The number of carbonyl (C=O) groups excluding carboxylic acids is 2. The second kappa shape index (κ2) is 8.41. The van der Waals surface area contributed by atoms with Crippen molar-refractivity contribution < 1.29 is 19.1 Å². The fraction of sp³-hybridized carbons (Fsp3) is 0.529. The molecule has 5 heteroatoms. The number of nitrogens with one attached hydrogen (secondary N) is 1. The first-order valence-electron chi connectivity index (χ1n) is 7.85. The van der Waals surface area contributed by atoms with Crippen LogP contribution in [-0.4, -0.2) is 24.2 Å². The maximum Gasteiger partial charge on any atom is 0.407 e. The third-order valence-corrected chi connectivity index (χ3v) is 3.79. The maximum absolute atomic E-state index is 11.9. The molecule has 0 aliphatic heterocycles. The van der Waals surface area contributed by atoms with Crippen LogP contribution in [-0.2, 0) is 20.9 Å². The molecule has 0 bridgehead atoms. The largest absolute Gasteiger partial charge is 0.460 e. The number of alkyl carbamates (subject to hydrolysis) is 1. The Hall–Kier alpha value is -2.04. The zero-order valence-corrected chi connectivity index (χ0v) is 12.9. The van der Waals surface area contributed by atoms with E-state index in [0.29, 0.717) is 6.42 Å². The summed E-state index contributed by atoms with van der Waals surface area (Å²) in [6, 6.07) is 9.36. The van der Waals surface area contributed by atoms with E-state index in [9.17, 15) is 9.59 Å². The number of amides is 1. The summed E-state index contributed by atoms with van der Waals surface area (Å²) in [7, 11) is 0. The molecular weight excluding hydrogens is 282 g/mol. The van der Waals surface area contributed by atoms with Crippen LogP contribution in [0.4, 0.5) is 4.79 Å². The Balaban J connectivity index is 1.81. The van der Waals surface area contributed by atoms with Gasteiger partial charge in [0, 0.05) is 6.42 Å². The number of hydrogen-bond donors (Lipinski definition) is 1. The van der Waals surface area contributed by atoms with Gasteiger partial charge in [-0.2, -0.15) is 0 Å². The minimum Gasteiger partial charge on any atom is -0.460 e. The predicted molar refractivity (Wildman–Crippen MR) is 82.2 cm³/mol. The summed E-state index contributed by atoms with van der Waals surface area (Å²) in [5.74, 6) is -0.226. The average molecular weight is 305 g/mol. The molecule has 1 aliphatic carbocycles. The molecule has 120 valence electrons. The first-order chi connectivity index (χ1) is 10.7. The van der Waals surface area contributed by atoms with Gasteiger partial charge in [0.25, 0.3) is 0 Å². The van der Waals surface area contributed by atoms with E-state index in [-0.39, 0.29) is 24.7 Å². The Morgan fingerprint density at radius 1 is 1.18 bits per heavy atom. The monoisotopic (exact) mass is 305 g/mol. The molecule has 0 heterocycles. The standard InChI is InChI=1S/C17H23NO4/c1-2-16(19)22-15-11-7-6-10-14(15)18-17(20)21-12-13-8-4-3-5-9-13/h3-5,8-9,14-15H,2,6-7,10-12H2,1H3,(H,18,20)/t14-,15-/m0/s1. The summed E-state index contributed by atoms with van der Waals surface area (Å²) in [4.78, 5) is 23.4. The SMILES string of the molecule is CCC(=O)O[C@H]1CCCC[C@@H]1NC(=O)OCc1ccccc1. The maximum atomic E-state index is 11.9. The van der Waals surface area contributed by atoms with E-state index in [0.717, 1.165) is 31.2 Å². The van der Waals surface area contributed by atoms with E-state index in [1.54, 1.807) is 6.92 Å². The molecule has 0 unspecified atom stereocenters. The molecule has 1 N–H and O–H groups in total. The molecule has 0 saturated heterocycles. The van der Waals surface area contributed by atoms with Gasteiger partial charge in [0.2, 0.25) is 0 Å². The van der Waals surface area contributed by atoms with Crippen molar-refractivity contribution in [1.82, 2.24) is 5.32 Å². The lowest BCUT2D eigenvalue weighted by atomic mass is 9.92. The summed E-state index contributed by atoms with van der Waals surface area (Å²) in [6.07, 6.45) is 3.26. The highest BCUT2D eigenvalue weighted by atomic mass is 16.6. The normalized spacial score (nSPS) is 21.0. The summed E-state index contributed by atoms with van der Waals surface area (Å²) in [5.41, 5.74) is 0.940. The zero-order chi connectivity index (χ0) is 15.8. The molecule has 0 radical (unpaired) electrons. The van der Waals surface area contributed by atoms with Crippen molar-refractivity contribution in [3.8, 4) is 0 Å². The molecule has 2 rings (SSSR count). The van der Waals surface area contributed by atoms with E-state index in [2.05, 4.69) is 5.32 Å². The molecule has 2 atom stereocenters. The Labute approximate surface area is 131 Å². The highest BCUT2D eigenvalue weighted by molar-refractivity contribution is 5.70. The van der Waals surface area contributed by atoms with Crippen molar-refractivity contribution in [1.29, 1.82) is 0 Å². The van der Waals surface area contributed by atoms with Crippen LogP contribution in [0, 0.1) is 0 Å². The quantitative estimate of drug-likeness (QED) is 0.849. The van der Waals surface area contributed by atoms with Crippen LogP contribution in [0.1, 0.15) is 44.6 Å². The van der Waals surface area contributed by atoms with Gasteiger partial charge in [-0.05, 0) is 24.8 Å². The van der Waals surface area contributed by atoms with Gasteiger partial charge in [0.05, 0.1) is 6.04 Å². The van der Waals surface area contributed by atoms with Gasteiger partial charge in [-0.3, -0.25) is 4.79 Å². The molecule has 1 aromatic rings. The summed E-state index contributed by atoms with van der Waals surface area (Å²) in [6.45, 7) is 2.00. The summed E-state index contributed by atoms with van der Waals surface area (Å²) < 4.78 is 10.6. The summed E-state index contributed by atoms with van der Waals surface area (Å²) >= 11 is 0. The third-order valence-electron chi connectivity index (χ3n) is 3.79. The molecule has 22 heavy (non-hydrogen) atoms. The molecule has 1 fully saturated rings. The average Bonchev–Trinajstić information content (AvgIpc) is 2.55. The lowest BCUT2D eigenvalue weighted by Crippen LogP contribution is -2.47. The third kappa shape index (κ3) is 5.06. The fourth-order valence-electron chi connectivity index (χ4n) is 2.57. The van der Waals surface area contributed by atoms with Gasteiger partial charge in [-0.25, -0.2) is 4.79 Å². The number of ether oxygens (including phenoxy) is 2. The van der Waals surface area contributed by atoms with E-state index in [4.69, 9.17) is 9.47 Å². The summed E-state index contributed by atoms with van der Waals surface area (Å²) in [5, 5.41) is 2.83. The first kappa shape index (κ1) is 16.3. The van der Waals surface area contributed by atoms with Crippen LogP contribution >= 0.6 is 0 Å². The lowest BCUT2D eigenvalue weighted by Gasteiger charge is -2.31. The topological polar surface area (TPSA) is 64.6 Å². The molecule has 1 amide bonds. The Kier molecular flexibility index (Phi) is 6.25. The van der Waals surface area contributed by atoms with E-state index < -0.39 is 6.09 Å². The van der Waals surface area contributed by atoms with Gasteiger partial charge in [0.1, 0.15) is 12.7 Å². The van der Waals surface area contributed by atoms with Crippen LogP contribution in [0.3, 0.4) is 0 Å². The second-order valence-corrected chi connectivity index (χ2v) is 5.48. The first-order valence-corrected chi connectivity index (χ1v) is 7.85. The molecule has 5 nitrogen and oxygen atoms in total.